The summed E-state index contributed by atoms with van der Waals surface area (Å²) < 4.78 is 26.6. The average Bonchev–Trinajstić information content (AvgIpc) is 2.39. The van der Waals surface area contributed by atoms with Gasteiger partial charge in [-0.05, 0) is 32.9 Å². The molecule has 0 bridgehead atoms. The fourth-order valence-electron chi connectivity index (χ4n) is 3.11. The number of rotatable bonds is 4. The molecule has 2 aliphatic rings. The third-order valence-electron chi connectivity index (χ3n) is 4.35. The second kappa shape index (κ2) is 6.52. The fourth-order valence-corrected chi connectivity index (χ4v) is 4.92. The minimum Gasteiger partial charge on any atom is -0.313 e. The van der Waals surface area contributed by atoms with Gasteiger partial charge in [-0.1, -0.05) is 13.3 Å². The van der Waals surface area contributed by atoms with E-state index in [1.54, 1.807) is 4.31 Å². The summed E-state index contributed by atoms with van der Waals surface area (Å²) in [7, 11) is -3.10. The molecule has 0 aromatic rings. The van der Waals surface area contributed by atoms with Gasteiger partial charge in [-0.25, -0.2) is 8.42 Å². The first-order valence-corrected chi connectivity index (χ1v) is 9.09. The number of nitrogens with one attached hydrogen (secondary N) is 1. The van der Waals surface area contributed by atoms with E-state index in [1.165, 1.54) is 6.42 Å². The zero-order valence-corrected chi connectivity index (χ0v) is 13.0. The van der Waals surface area contributed by atoms with Crippen LogP contribution in [0.15, 0.2) is 0 Å². The Morgan fingerprint density at radius 1 is 1.26 bits per heavy atom. The van der Waals surface area contributed by atoms with Crippen molar-refractivity contribution < 1.29 is 8.42 Å². The maximum Gasteiger partial charge on any atom is 0.215 e. The zero-order valence-electron chi connectivity index (χ0n) is 12.1. The highest BCUT2D eigenvalue weighted by Crippen LogP contribution is 2.16. The first-order valence-electron chi connectivity index (χ1n) is 7.48. The van der Waals surface area contributed by atoms with Crippen LogP contribution in [0.25, 0.3) is 0 Å². The monoisotopic (exact) mass is 289 g/mol. The average molecular weight is 289 g/mol. The van der Waals surface area contributed by atoms with Crippen molar-refractivity contribution in [1.82, 2.24) is 14.5 Å². The maximum atomic E-state index is 12.5. The van der Waals surface area contributed by atoms with Crippen LogP contribution >= 0.6 is 0 Å². The molecule has 0 spiro atoms. The Bertz CT molecular complexity index is 379. The maximum absolute atomic E-state index is 12.5. The topological polar surface area (TPSA) is 52.7 Å². The number of sulfonamides is 1. The normalized spacial score (nSPS) is 31.5. The number of nitrogens with zero attached hydrogens (tertiary/aromatic N) is 2. The van der Waals surface area contributed by atoms with Gasteiger partial charge in [-0.2, -0.15) is 4.31 Å². The smallest absolute Gasteiger partial charge is 0.215 e. The summed E-state index contributed by atoms with van der Waals surface area (Å²) in [5.41, 5.74) is 0. The van der Waals surface area contributed by atoms with Crippen LogP contribution in [0.3, 0.4) is 0 Å². The van der Waals surface area contributed by atoms with Gasteiger partial charge in [0.05, 0.1) is 5.75 Å². The van der Waals surface area contributed by atoms with Crippen molar-refractivity contribution in [3.8, 4) is 0 Å². The van der Waals surface area contributed by atoms with E-state index >= 15 is 0 Å². The van der Waals surface area contributed by atoms with Crippen LogP contribution in [0, 0.1) is 0 Å². The molecule has 2 aliphatic heterocycles. The molecule has 2 saturated heterocycles. The van der Waals surface area contributed by atoms with Crippen LogP contribution in [0.4, 0.5) is 0 Å². The highest BCUT2D eigenvalue weighted by molar-refractivity contribution is 7.89. The number of piperidine rings is 1. The predicted molar refractivity (Wildman–Crippen MR) is 77.7 cm³/mol. The van der Waals surface area contributed by atoms with Crippen LogP contribution < -0.4 is 5.32 Å². The standard InChI is InChI=1S/C13H27N3O2S/c1-3-15-8-9-16(10-12(15)2)19(17,18)11-13-6-4-5-7-14-13/h12-14H,3-11H2,1-2H3. The Kier molecular flexibility index (Phi) is 5.22. The van der Waals surface area contributed by atoms with E-state index in [0.717, 1.165) is 32.5 Å². The van der Waals surface area contributed by atoms with E-state index in [9.17, 15) is 8.42 Å². The molecule has 2 heterocycles. The number of piperazine rings is 1. The van der Waals surface area contributed by atoms with Gasteiger partial charge in [-0.15, -0.1) is 0 Å². The zero-order chi connectivity index (χ0) is 13.9. The third-order valence-corrected chi connectivity index (χ3v) is 6.29. The van der Waals surface area contributed by atoms with Gasteiger partial charge in [0.25, 0.3) is 0 Å². The van der Waals surface area contributed by atoms with Crippen molar-refractivity contribution in [2.75, 3.05) is 38.5 Å². The summed E-state index contributed by atoms with van der Waals surface area (Å²) in [6.07, 6.45) is 3.31. The number of hydrogen-bond acceptors (Lipinski definition) is 4. The minimum absolute atomic E-state index is 0.151. The molecule has 0 aliphatic carbocycles. The van der Waals surface area contributed by atoms with Gasteiger partial charge in [0.15, 0.2) is 0 Å². The molecule has 1 N–H and O–H groups in total. The third kappa shape index (κ3) is 3.90. The molecule has 0 aromatic carbocycles. The molecule has 6 heteroatoms. The van der Waals surface area contributed by atoms with Gasteiger partial charge >= 0.3 is 0 Å². The lowest BCUT2D eigenvalue weighted by Crippen LogP contribution is -2.55. The van der Waals surface area contributed by atoms with Gasteiger partial charge in [-0.3, -0.25) is 4.90 Å². The Balaban J connectivity index is 1.92. The number of hydrogen-bond donors (Lipinski definition) is 1. The van der Waals surface area contributed by atoms with Crippen molar-refractivity contribution in [2.45, 2.75) is 45.2 Å². The first-order chi connectivity index (χ1) is 9.03. The molecule has 2 fully saturated rings. The van der Waals surface area contributed by atoms with Crippen LogP contribution in [-0.4, -0.2) is 68.2 Å². The molecule has 0 amide bonds. The van der Waals surface area contributed by atoms with E-state index in [0.29, 0.717) is 19.1 Å². The Hall–Kier alpha value is -0.170. The highest BCUT2D eigenvalue weighted by atomic mass is 32.2. The molecule has 5 nitrogen and oxygen atoms in total. The lowest BCUT2D eigenvalue weighted by Gasteiger charge is -2.39. The molecule has 2 atom stereocenters. The van der Waals surface area contributed by atoms with Crippen LogP contribution in [0.5, 0.6) is 0 Å². The first kappa shape index (κ1) is 15.2. The molecular weight excluding hydrogens is 262 g/mol. The number of likely N-dealkylation sites (N-methyl/N-ethyl adjacent to an activating group) is 1. The molecule has 0 saturated carbocycles. The van der Waals surface area contributed by atoms with Crippen LogP contribution in [0.2, 0.25) is 0 Å². The van der Waals surface area contributed by atoms with E-state index in [2.05, 4.69) is 24.1 Å². The van der Waals surface area contributed by atoms with Crippen molar-refractivity contribution in [3.63, 3.8) is 0 Å². The Morgan fingerprint density at radius 2 is 2.05 bits per heavy atom. The van der Waals surface area contributed by atoms with E-state index in [1.807, 2.05) is 0 Å². The quantitative estimate of drug-likeness (QED) is 0.818. The molecule has 2 rings (SSSR count). The van der Waals surface area contributed by atoms with Crippen molar-refractivity contribution in [3.05, 3.63) is 0 Å². The van der Waals surface area contributed by atoms with E-state index < -0.39 is 10.0 Å². The molecule has 2 unspecified atom stereocenters. The largest absolute Gasteiger partial charge is 0.313 e. The summed E-state index contributed by atoms with van der Waals surface area (Å²) in [4.78, 5) is 2.34. The molecule has 0 aromatic heterocycles. The summed E-state index contributed by atoms with van der Waals surface area (Å²) >= 11 is 0. The van der Waals surface area contributed by atoms with E-state index in [4.69, 9.17) is 0 Å². The Morgan fingerprint density at radius 3 is 2.63 bits per heavy atom. The summed E-state index contributed by atoms with van der Waals surface area (Å²) in [6, 6.07) is 0.478. The summed E-state index contributed by atoms with van der Waals surface area (Å²) in [5, 5.41) is 3.33. The highest BCUT2D eigenvalue weighted by Gasteiger charge is 2.32. The lowest BCUT2D eigenvalue weighted by molar-refractivity contribution is 0.135. The molecule has 19 heavy (non-hydrogen) atoms. The van der Waals surface area contributed by atoms with E-state index in [-0.39, 0.29) is 11.8 Å². The van der Waals surface area contributed by atoms with Crippen molar-refractivity contribution >= 4 is 10.0 Å². The van der Waals surface area contributed by atoms with Gasteiger partial charge in [0.1, 0.15) is 0 Å². The van der Waals surface area contributed by atoms with Crippen molar-refractivity contribution in [2.24, 2.45) is 0 Å². The van der Waals surface area contributed by atoms with Gasteiger partial charge in [0, 0.05) is 31.7 Å². The summed E-state index contributed by atoms with van der Waals surface area (Å²) in [5.74, 6) is 0.270. The van der Waals surface area contributed by atoms with Gasteiger partial charge < -0.3 is 5.32 Å². The van der Waals surface area contributed by atoms with Gasteiger partial charge in [0.2, 0.25) is 10.0 Å². The Labute approximate surface area is 117 Å². The van der Waals surface area contributed by atoms with Crippen LogP contribution in [0.1, 0.15) is 33.1 Å². The van der Waals surface area contributed by atoms with Crippen molar-refractivity contribution in [1.29, 1.82) is 0 Å². The second-order valence-electron chi connectivity index (χ2n) is 5.76. The molecule has 112 valence electrons. The minimum atomic E-state index is -3.10. The second-order valence-corrected chi connectivity index (χ2v) is 7.77. The SMILES string of the molecule is CCN1CCN(S(=O)(=O)CC2CCCCN2)CC1C. The molecular formula is C13H27N3O2S. The fraction of sp³-hybridized carbons (Fsp3) is 1.00. The van der Waals surface area contributed by atoms with Crippen LogP contribution in [-0.2, 0) is 10.0 Å². The summed E-state index contributed by atoms with van der Waals surface area (Å²) in [6.45, 7) is 8.35. The lowest BCUT2D eigenvalue weighted by atomic mass is 10.1. The molecule has 0 radical (unpaired) electrons. The predicted octanol–water partition coefficient (Wildman–Crippen LogP) is 0.484.